The molecule has 19 heavy (non-hydrogen) atoms. The molecule has 1 aromatic heterocycles. The summed E-state index contributed by atoms with van der Waals surface area (Å²) in [5, 5.41) is 15.2. The number of aliphatic hydroxyl groups excluding tert-OH is 1. The Bertz CT molecular complexity index is 580. The van der Waals surface area contributed by atoms with Crippen LogP contribution in [0.2, 0.25) is 5.02 Å². The predicted octanol–water partition coefficient (Wildman–Crippen LogP) is 2.49. The van der Waals surface area contributed by atoms with Gasteiger partial charge < -0.3 is 10.8 Å². The van der Waals surface area contributed by atoms with Gasteiger partial charge in [-0.25, -0.2) is 0 Å². The molecule has 0 radical (unpaired) electrons. The zero-order chi connectivity index (χ0) is 14.0. The molecule has 3 N–H and O–H groups in total. The molecule has 0 fully saturated rings. The molecule has 1 aromatic carbocycles. The quantitative estimate of drug-likeness (QED) is 0.845. The van der Waals surface area contributed by atoms with Crippen molar-refractivity contribution in [3.63, 3.8) is 0 Å². The Morgan fingerprint density at radius 2 is 2.16 bits per heavy atom. The second-order valence-electron chi connectivity index (χ2n) is 4.60. The molecule has 1 unspecified atom stereocenters. The van der Waals surface area contributed by atoms with E-state index in [2.05, 4.69) is 12.0 Å². The van der Waals surface area contributed by atoms with Crippen molar-refractivity contribution in [2.24, 2.45) is 7.05 Å². The fourth-order valence-electron chi connectivity index (χ4n) is 2.09. The first-order valence-corrected chi connectivity index (χ1v) is 6.63. The number of aromatic nitrogens is 2. The number of hydrogen-bond donors (Lipinski definition) is 2. The number of nitrogens with zero attached hydrogens (tertiary/aromatic N) is 2. The van der Waals surface area contributed by atoms with Gasteiger partial charge in [-0.2, -0.15) is 5.10 Å². The first kappa shape index (κ1) is 13.9. The molecule has 5 heteroatoms. The van der Waals surface area contributed by atoms with E-state index in [1.54, 1.807) is 22.9 Å². The van der Waals surface area contributed by atoms with E-state index in [-0.39, 0.29) is 0 Å². The van der Waals surface area contributed by atoms with Crippen molar-refractivity contribution in [2.45, 2.75) is 25.9 Å². The zero-order valence-electron chi connectivity index (χ0n) is 11.1. The molecule has 0 amide bonds. The van der Waals surface area contributed by atoms with E-state index < -0.39 is 6.10 Å². The van der Waals surface area contributed by atoms with Crippen LogP contribution in [0.1, 0.15) is 30.0 Å². The fraction of sp³-hybridized carbons (Fsp3) is 0.357. The lowest BCUT2D eigenvalue weighted by molar-refractivity contribution is 0.176. The number of halogens is 1. The molecule has 4 nitrogen and oxygen atoms in total. The average molecular weight is 280 g/mol. The summed E-state index contributed by atoms with van der Waals surface area (Å²) in [6.07, 6.45) is 0.708. The number of nitrogens with two attached hydrogens (primary N) is 1. The van der Waals surface area contributed by atoms with E-state index in [9.17, 15) is 5.11 Å². The number of benzene rings is 1. The number of aryl methyl sites for hydroxylation is 2. The zero-order valence-corrected chi connectivity index (χ0v) is 11.9. The van der Waals surface area contributed by atoms with Crippen molar-refractivity contribution >= 4 is 17.3 Å². The smallest absolute Gasteiger partial charge is 0.0865 e. The van der Waals surface area contributed by atoms with Crippen molar-refractivity contribution in [3.05, 3.63) is 46.2 Å². The van der Waals surface area contributed by atoms with Crippen molar-refractivity contribution in [1.29, 1.82) is 0 Å². The molecule has 0 aliphatic heterocycles. The maximum Gasteiger partial charge on any atom is 0.0865 e. The molecule has 0 saturated carbocycles. The molecule has 0 bridgehead atoms. The Morgan fingerprint density at radius 1 is 1.42 bits per heavy atom. The Labute approximate surface area is 117 Å². The van der Waals surface area contributed by atoms with Gasteiger partial charge >= 0.3 is 0 Å². The summed E-state index contributed by atoms with van der Waals surface area (Å²) >= 11 is 5.85. The summed E-state index contributed by atoms with van der Waals surface area (Å²) in [6, 6.07) is 7.16. The second-order valence-corrected chi connectivity index (χ2v) is 5.03. The first-order valence-electron chi connectivity index (χ1n) is 6.26. The Hall–Kier alpha value is -1.52. The SMILES string of the molecule is CCc1cc(CC(O)c2ccc(Cl)cc2N)n(C)n1. The summed E-state index contributed by atoms with van der Waals surface area (Å²) in [6.45, 7) is 2.06. The third kappa shape index (κ3) is 3.08. The summed E-state index contributed by atoms with van der Waals surface area (Å²) in [5.41, 5.74) is 9.10. The molecule has 0 aliphatic carbocycles. The van der Waals surface area contributed by atoms with E-state index in [0.29, 0.717) is 22.7 Å². The lowest BCUT2D eigenvalue weighted by atomic mass is 10.0. The van der Waals surface area contributed by atoms with Crippen LogP contribution in [-0.4, -0.2) is 14.9 Å². The van der Waals surface area contributed by atoms with Crippen molar-refractivity contribution in [1.82, 2.24) is 9.78 Å². The number of anilines is 1. The average Bonchev–Trinajstić information content (AvgIpc) is 2.70. The van der Waals surface area contributed by atoms with Gasteiger partial charge in [-0.3, -0.25) is 4.68 Å². The molecule has 0 aliphatic rings. The van der Waals surface area contributed by atoms with Crippen LogP contribution in [0.15, 0.2) is 24.3 Å². The third-order valence-electron chi connectivity index (χ3n) is 3.20. The third-order valence-corrected chi connectivity index (χ3v) is 3.43. The van der Waals surface area contributed by atoms with E-state index in [4.69, 9.17) is 17.3 Å². The highest BCUT2D eigenvalue weighted by atomic mass is 35.5. The predicted molar refractivity (Wildman–Crippen MR) is 77.1 cm³/mol. The Morgan fingerprint density at radius 3 is 2.74 bits per heavy atom. The van der Waals surface area contributed by atoms with E-state index >= 15 is 0 Å². The topological polar surface area (TPSA) is 64.1 Å². The largest absolute Gasteiger partial charge is 0.398 e. The van der Waals surface area contributed by atoms with Crippen LogP contribution < -0.4 is 5.73 Å². The molecular weight excluding hydrogens is 262 g/mol. The van der Waals surface area contributed by atoms with Crippen LogP contribution in [0.3, 0.4) is 0 Å². The lowest BCUT2D eigenvalue weighted by Gasteiger charge is -2.13. The number of rotatable bonds is 4. The Kier molecular flexibility index (Phi) is 4.12. The van der Waals surface area contributed by atoms with Crippen molar-refractivity contribution in [3.8, 4) is 0 Å². The number of aliphatic hydroxyl groups is 1. The van der Waals surface area contributed by atoms with E-state index in [1.165, 1.54) is 0 Å². The van der Waals surface area contributed by atoms with Crippen LogP contribution in [0.25, 0.3) is 0 Å². The van der Waals surface area contributed by atoms with Gasteiger partial charge in [-0.15, -0.1) is 0 Å². The van der Waals surface area contributed by atoms with Gasteiger partial charge in [0.15, 0.2) is 0 Å². The number of nitrogen functional groups attached to an aromatic ring is 1. The van der Waals surface area contributed by atoms with E-state index in [0.717, 1.165) is 17.8 Å². The molecule has 0 spiro atoms. The van der Waals surface area contributed by atoms with Gasteiger partial charge in [0.2, 0.25) is 0 Å². The lowest BCUT2D eigenvalue weighted by Crippen LogP contribution is -2.08. The van der Waals surface area contributed by atoms with Crippen LogP contribution in [0, 0.1) is 0 Å². The minimum absolute atomic E-state index is 0.481. The van der Waals surface area contributed by atoms with E-state index in [1.807, 2.05) is 13.1 Å². The molecule has 1 heterocycles. The standard InChI is InChI=1S/C14H18ClN3O/c1-3-10-7-11(18(2)17-10)8-14(19)12-5-4-9(15)6-13(12)16/h4-7,14,19H,3,8,16H2,1-2H3. The van der Waals surface area contributed by atoms with Crippen molar-refractivity contribution in [2.75, 3.05) is 5.73 Å². The summed E-state index contributed by atoms with van der Waals surface area (Å²) < 4.78 is 1.80. The minimum atomic E-state index is -0.655. The van der Waals surface area contributed by atoms with Crippen LogP contribution in [0.5, 0.6) is 0 Å². The molecule has 102 valence electrons. The van der Waals surface area contributed by atoms with Crippen LogP contribution in [0.4, 0.5) is 5.69 Å². The van der Waals surface area contributed by atoms with Gasteiger partial charge in [-0.05, 0) is 24.6 Å². The van der Waals surface area contributed by atoms with Gasteiger partial charge in [0.05, 0.1) is 11.8 Å². The normalized spacial score (nSPS) is 12.6. The maximum absolute atomic E-state index is 10.3. The molecule has 2 aromatic rings. The highest BCUT2D eigenvalue weighted by Crippen LogP contribution is 2.26. The first-order chi connectivity index (χ1) is 9.01. The second kappa shape index (κ2) is 5.63. The van der Waals surface area contributed by atoms with Gasteiger partial charge in [0.1, 0.15) is 0 Å². The fourth-order valence-corrected chi connectivity index (χ4v) is 2.27. The highest BCUT2D eigenvalue weighted by Gasteiger charge is 2.15. The maximum atomic E-state index is 10.3. The van der Waals surface area contributed by atoms with Crippen LogP contribution >= 0.6 is 11.6 Å². The summed E-state index contributed by atoms with van der Waals surface area (Å²) in [7, 11) is 1.88. The van der Waals surface area contributed by atoms with Crippen molar-refractivity contribution < 1.29 is 5.11 Å². The number of hydrogen-bond acceptors (Lipinski definition) is 3. The molecule has 2 rings (SSSR count). The summed E-state index contributed by atoms with van der Waals surface area (Å²) in [4.78, 5) is 0. The van der Waals surface area contributed by atoms with Gasteiger partial charge in [0.25, 0.3) is 0 Å². The van der Waals surface area contributed by atoms with Crippen LogP contribution in [-0.2, 0) is 19.9 Å². The summed E-state index contributed by atoms with van der Waals surface area (Å²) in [5.74, 6) is 0. The molecular formula is C14H18ClN3O. The molecule has 1 atom stereocenters. The van der Waals surface area contributed by atoms with Gasteiger partial charge in [0, 0.05) is 35.4 Å². The highest BCUT2D eigenvalue weighted by molar-refractivity contribution is 6.30. The monoisotopic (exact) mass is 279 g/mol. The van der Waals surface area contributed by atoms with Gasteiger partial charge in [-0.1, -0.05) is 24.6 Å². The Balaban J connectivity index is 2.20. The molecule has 0 saturated heterocycles. The minimum Gasteiger partial charge on any atom is -0.398 e.